The molecular formula is C15H21N3. The Morgan fingerprint density at radius 3 is 2.61 bits per heavy atom. The molecular weight excluding hydrogens is 222 g/mol. The molecule has 0 bridgehead atoms. The summed E-state index contributed by atoms with van der Waals surface area (Å²) < 4.78 is 1.85. The number of aromatic nitrogens is 2. The molecule has 0 saturated carbocycles. The highest BCUT2D eigenvalue weighted by molar-refractivity contribution is 5.15. The number of hydrogen-bond acceptors (Lipinski definition) is 2. The average molecular weight is 243 g/mol. The van der Waals surface area contributed by atoms with Crippen LogP contribution in [0.1, 0.15) is 17.5 Å². The molecule has 0 spiro atoms. The van der Waals surface area contributed by atoms with E-state index in [4.69, 9.17) is 5.73 Å². The predicted molar refractivity (Wildman–Crippen MR) is 74.2 cm³/mol. The van der Waals surface area contributed by atoms with Crippen molar-refractivity contribution in [3.8, 4) is 0 Å². The van der Waals surface area contributed by atoms with Crippen LogP contribution in [-0.2, 0) is 19.9 Å². The van der Waals surface area contributed by atoms with Gasteiger partial charge in [-0.15, -0.1) is 0 Å². The molecule has 18 heavy (non-hydrogen) atoms. The van der Waals surface area contributed by atoms with Crippen LogP contribution in [0, 0.1) is 5.92 Å². The highest BCUT2D eigenvalue weighted by atomic mass is 15.2. The summed E-state index contributed by atoms with van der Waals surface area (Å²) >= 11 is 0. The molecule has 2 N–H and O–H groups in total. The Morgan fingerprint density at radius 2 is 2.00 bits per heavy atom. The minimum Gasteiger partial charge on any atom is -0.330 e. The van der Waals surface area contributed by atoms with Gasteiger partial charge in [-0.2, -0.15) is 5.10 Å². The van der Waals surface area contributed by atoms with Crippen molar-refractivity contribution in [1.82, 2.24) is 9.78 Å². The van der Waals surface area contributed by atoms with Crippen LogP contribution in [0.5, 0.6) is 0 Å². The average Bonchev–Trinajstić information content (AvgIpc) is 2.81. The first-order valence-corrected chi connectivity index (χ1v) is 6.49. The largest absolute Gasteiger partial charge is 0.330 e. The molecule has 0 amide bonds. The van der Waals surface area contributed by atoms with Crippen LogP contribution in [-0.4, -0.2) is 16.3 Å². The predicted octanol–water partition coefficient (Wildman–Crippen LogP) is 2.17. The van der Waals surface area contributed by atoms with Crippen LogP contribution in [0.3, 0.4) is 0 Å². The van der Waals surface area contributed by atoms with E-state index in [2.05, 4.69) is 41.6 Å². The molecule has 96 valence electrons. The molecule has 0 radical (unpaired) electrons. The van der Waals surface area contributed by atoms with Crippen molar-refractivity contribution in [2.75, 3.05) is 6.54 Å². The fourth-order valence-corrected chi connectivity index (χ4v) is 2.22. The van der Waals surface area contributed by atoms with E-state index in [0.717, 1.165) is 25.8 Å². The lowest BCUT2D eigenvalue weighted by Gasteiger charge is -2.14. The van der Waals surface area contributed by atoms with Gasteiger partial charge < -0.3 is 5.73 Å². The smallest absolute Gasteiger partial charge is 0.0521 e. The summed E-state index contributed by atoms with van der Waals surface area (Å²) in [4.78, 5) is 0. The van der Waals surface area contributed by atoms with Crippen molar-refractivity contribution < 1.29 is 0 Å². The van der Waals surface area contributed by atoms with E-state index in [1.165, 1.54) is 11.1 Å². The highest BCUT2D eigenvalue weighted by Gasteiger charge is 2.08. The molecule has 0 aliphatic rings. The second kappa shape index (κ2) is 6.36. The van der Waals surface area contributed by atoms with Gasteiger partial charge in [0.15, 0.2) is 0 Å². The van der Waals surface area contributed by atoms with Gasteiger partial charge in [-0.05, 0) is 42.9 Å². The normalized spacial score (nSPS) is 12.6. The Morgan fingerprint density at radius 1 is 1.22 bits per heavy atom. The van der Waals surface area contributed by atoms with E-state index in [9.17, 15) is 0 Å². The first-order chi connectivity index (χ1) is 8.78. The molecule has 1 atom stereocenters. The molecule has 2 rings (SSSR count). The van der Waals surface area contributed by atoms with Gasteiger partial charge in [0.05, 0.1) is 6.20 Å². The zero-order chi connectivity index (χ0) is 12.8. The second-order valence-electron chi connectivity index (χ2n) is 4.85. The lowest BCUT2D eigenvalue weighted by atomic mass is 9.94. The third kappa shape index (κ3) is 3.70. The molecule has 1 heterocycles. The monoisotopic (exact) mass is 243 g/mol. The summed E-state index contributed by atoms with van der Waals surface area (Å²) in [5.41, 5.74) is 8.54. The topological polar surface area (TPSA) is 43.8 Å². The molecule has 0 saturated heterocycles. The summed E-state index contributed by atoms with van der Waals surface area (Å²) in [6.07, 6.45) is 7.27. The number of nitrogens with zero attached hydrogens (tertiary/aromatic N) is 2. The number of aryl methyl sites for hydroxylation is 2. The van der Waals surface area contributed by atoms with E-state index >= 15 is 0 Å². The van der Waals surface area contributed by atoms with Crippen molar-refractivity contribution >= 4 is 0 Å². The zero-order valence-electron chi connectivity index (χ0n) is 10.9. The number of hydrogen-bond donors (Lipinski definition) is 1. The van der Waals surface area contributed by atoms with Gasteiger partial charge in [0.2, 0.25) is 0 Å². The van der Waals surface area contributed by atoms with Gasteiger partial charge >= 0.3 is 0 Å². The van der Waals surface area contributed by atoms with Crippen molar-refractivity contribution in [1.29, 1.82) is 0 Å². The van der Waals surface area contributed by atoms with Crippen LogP contribution in [0.15, 0.2) is 42.7 Å². The molecule has 1 unspecified atom stereocenters. The number of nitrogens with two attached hydrogens (primary N) is 1. The van der Waals surface area contributed by atoms with Crippen LogP contribution < -0.4 is 5.73 Å². The third-order valence-electron chi connectivity index (χ3n) is 3.30. The second-order valence-corrected chi connectivity index (χ2v) is 4.85. The van der Waals surface area contributed by atoms with E-state index < -0.39 is 0 Å². The summed E-state index contributed by atoms with van der Waals surface area (Å²) in [7, 11) is 1.95. The van der Waals surface area contributed by atoms with E-state index in [1.54, 1.807) is 0 Å². The molecule has 1 aromatic heterocycles. The fraction of sp³-hybridized carbons (Fsp3) is 0.400. The quantitative estimate of drug-likeness (QED) is 0.845. The van der Waals surface area contributed by atoms with Crippen molar-refractivity contribution in [3.05, 3.63) is 53.9 Å². The zero-order valence-corrected chi connectivity index (χ0v) is 10.9. The SMILES string of the molecule is Cn1cc(CCC(CN)Cc2ccccc2)cn1. The van der Waals surface area contributed by atoms with Crippen molar-refractivity contribution in [3.63, 3.8) is 0 Å². The first-order valence-electron chi connectivity index (χ1n) is 6.49. The lowest BCUT2D eigenvalue weighted by Crippen LogP contribution is -2.17. The van der Waals surface area contributed by atoms with Gasteiger partial charge in [0, 0.05) is 13.2 Å². The fourth-order valence-electron chi connectivity index (χ4n) is 2.22. The maximum atomic E-state index is 5.87. The summed E-state index contributed by atoms with van der Waals surface area (Å²) in [6.45, 7) is 0.745. The van der Waals surface area contributed by atoms with Gasteiger partial charge in [-0.25, -0.2) is 0 Å². The molecule has 0 aliphatic carbocycles. The molecule has 1 aromatic carbocycles. The van der Waals surface area contributed by atoms with Crippen LogP contribution in [0.4, 0.5) is 0 Å². The van der Waals surface area contributed by atoms with Gasteiger partial charge in [-0.3, -0.25) is 4.68 Å². The van der Waals surface area contributed by atoms with Crippen LogP contribution in [0.25, 0.3) is 0 Å². The van der Waals surface area contributed by atoms with Crippen LogP contribution in [0.2, 0.25) is 0 Å². The van der Waals surface area contributed by atoms with Gasteiger partial charge in [-0.1, -0.05) is 30.3 Å². The molecule has 3 nitrogen and oxygen atoms in total. The summed E-state index contributed by atoms with van der Waals surface area (Å²) in [5.74, 6) is 0.549. The lowest BCUT2D eigenvalue weighted by molar-refractivity contribution is 0.494. The third-order valence-corrected chi connectivity index (χ3v) is 3.30. The number of rotatable bonds is 6. The number of benzene rings is 1. The Kier molecular flexibility index (Phi) is 4.53. The van der Waals surface area contributed by atoms with E-state index in [0.29, 0.717) is 5.92 Å². The maximum Gasteiger partial charge on any atom is 0.0521 e. The minimum atomic E-state index is 0.549. The van der Waals surface area contributed by atoms with Crippen molar-refractivity contribution in [2.24, 2.45) is 18.7 Å². The Balaban J connectivity index is 1.86. The Hall–Kier alpha value is -1.61. The highest BCUT2D eigenvalue weighted by Crippen LogP contribution is 2.14. The van der Waals surface area contributed by atoms with Gasteiger partial charge in [0.1, 0.15) is 0 Å². The minimum absolute atomic E-state index is 0.549. The Labute approximate surface area is 109 Å². The molecule has 0 fully saturated rings. The molecule has 3 heteroatoms. The Bertz CT molecular complexity index is 462. The van der Waals surface area contributed by atoms with Gasteiger partial charge in [0.25, 0.3) is 0 Å². The summed E-state index contributed by atoms with van der Waals surface area (Å²) in [6, 6.07) is 10.6. The van der Waals surface area contributed by atoms with E-state index in [1.807, 2.05) is 17.9 Å². The van der Waals surface area contributed by atoms with E-state index in [-0.39, 0.29) is 0 Å². The van der Waals surface area contributed by atoms with Crippen LogP contribution >= 0.6 is 0 Å². The summed E-state index contributed by atoms with van der Waals surface area (Å²) in [5, 5.41) is 4.19. The maximum absolute atomic E-state index is 5.87. The molecule has 2 aromatic rings. The molecule has 0 aliphatic heterocycles. The van der Waals surface area contributed by atoms with Crippen molar-refractivity contribution in [2.45, 2.75) is 19.3 Å². The standard InChI is InChI=1S/C15H21N3/c1-18-12-15(11-17-18)8-7-14(10-16)9-13-5-3-2-4-6-13/h2-6,11-12,14H,7-10,16H2,1H3. The first kappa shape index (κ1) is 12.8.